The van der Waals surface area contributed by atoms with Crippen molar-refractivity contribution in [2.45, 2.75) is 50.9 Å². The van der Waals surface area contributed by atoms with Crippen molar-refractivity contribution < 1.29 is 19.4 Å². The first-order valence-electron chi connectivity index (χ1n) is 5.82. The van der Waals surface area contributed by atoms with Crippen LogP contribution in [0.1, 0.15) is 38.5 Å². The van der Waals surface area contributed by atoms with Crippen LogP contribution in [-0.2, 0) is 14.3 Å². The van der Waals surface area contributed by atoms with E-state index in [4.69, 9.17) is 14.6 Å². The van der Waals surface area contributed by atoms with Crippen LogP contribution in [0.25, 0.3) is 0 Å². The summed E-state index contributed by atoms with van der Waals surface area (Å²) in [6.45, 7) is 4.34. The Hall–Kier alpha value is -0.870. The van der Waals surface area contributed by atoms with Gasteiger partial charge in [-0.15, -0.1) is 6.58 Å². The predicted octanol–water partition coefficient (Wildman–Crippen LogP) is 2.34. The van der Waals surface area contributed by atoms with Crippen LogP contribution < -0.4 is 0 Å². The van der Waals surface area contributed by atoms with Gasteiger partial charge in [0.15, 0.2) is 6.29 Å². The summed E-state index contributed by atoms with van der Waals surface area (Å²) in [5, 5.41) is 8.77. The zero-order valence-electron chi connectivity index (χ0n) is 9.56. The molecule has 16 heavy (non-hydrogen) atoms. The second-order valence-electron chi connectivity index (χ2n) is 4.02. The highest BCUT2D eigenvalue weighted by atomic mass is 16.7. The first-order valence-corrected chi connectivity index (χ1v) is 5.82. The highest BCUT2D eigenvalue weighted by Crippen LogP contribution is 2.18. The molecule has 0 spiro atoms. The van der Waals surface area contributed by atoms with Crippen LogP contribution in [0.2, 0.25) is 0 Å². The lowest BCUT2D eigenvalue weighted by atomic mass is 10.1. The molecule has 92 valence electrons. The number of rotatable bonds is 7. The van der Waals surface area contributed by atoms with Crippen molar-refractivity contribution in [1.29, 1.82) is 0 Å². The lowest BCUT2D eigenvalue weighted by Crippen LogP contribution is -2.29. The number of hydrogen-bond donors (Lipinski definition) is 1. The molecule has 0 bridgehead atoms. The van der Waals surface area contributed by atoms with Gasteiger partial charge in [-0.25, -0.2) is 0 Å². The second-order valence-corrected chi connectivity index (χ2v) is 4.02. The van der Waals surface area contributed by atoms with E-state index in [9.17, 15) is 4.79 Å². The fourth-order valence-electron chi connectivity index (χ4n) is 1.75. The molecular weight excluding hydrogens is 208 g/mol. The van der Waals surface area contributed by atoms with Crippen LogP contribution in [0.3, 0.4) is 0 Å². The van der Waals surface area contributed by atoms with Gasteiger partial charge in [0.1, 0.15) is 0 Å². The van der Waals surface area contributed by atoms with Crippen molar-refractivity contribution >= 4 is 5.97 Å². The predicted molar refractivity (Wildman–Crippen MR) is 60.1 cm³/mol. The molecule has 1 aliphatic heterocycles. The second kappa shape index (κ2) is 7.41. The Morgan fingerprint density at radius 1 is 1.62 bits per heavy atom. The molecule has 1 heterocycles. The van der Waals surface area contributed by atoms with Crippen molar-refractivity contribution in [3.63, 3.8) is 0 Å². The van der Waals surface area contributed by atoms with Gasteiger partial charge in [-0.05, 0) is 32.1 Å². The summed E-state index contributed by atoms with van der Waals surface area (Å²) < 4.78 is 11.1. The third-order valence-corrected chi connectivity index (χ3v) is 2.58. The third kappa shape index (κ3) is 5.28. The fourth-order valence-corrected chi connectivity index (χ4v) is 1.75. The summed E-state index contributed by atoms with van der Waals surface area (Å²) in [5.41, 5.74) is 0. The Morgan fingerprint density at radius 2 is 2.44 bits per heavy atom. The first kappa shape index (κ1) is 13.2. The van der Waals surface area contributed by atoms with Gasteiger partial charge in [0.2, 0.25) is 0 Å². The van der Waals surface area contributed by atoms with Gasteiger partial charge in [-0.1, -0.05) is 6.08 Å². The maximum absolute atomic E-state index is 10.7. The van der Waals surface area contributed by atoms with Crippen LogP contribution in [0, 0.1) is 0 Å². The Balaban J connectivity index is 2.34. The summed E-state index contributed by atoms with van der Waals surface area (Å²) in [4.78, 5) is 10.7. The van der Waals surface area contributed by atoms with Crippen LogP contribution >= 0.6 is 0 Å². The quantitative estimate of drug-likeness (QED) is 0.679. The molecular formula is C12H20O4. The van der Waals surface area contributed by atoms with Crippen molar-refractivity contribution in [2.24, 2.45) is 0 Å². The fraction of sp³-hybridized carbons (Fsp3) is 0.750. The van der Waals surface area contributed by atoms with Crippen LogP contribution in [-0.4, -0.2) is 30.1 Å². The molecule has 0 radical (unpaired) electrons. The van der Waals surface area contributed by atoms with Crippen LogP contribution in [0.15, 0.2) is 12.7 Å². The largest absolute Gasteiger partial charge is 0.481 e. The smallest absolute Gasteiger partial charge is 0.305 e. The molecule has 4 heteroatoms. The van der Waals surface area contributed by atoms with Crippen molar-refractivity contribution in [1.82, 2.24) is 0 Å². The number of aliphatic carboxylic acids is 1. The van der Waals surface area contributed by atoms with Crippen LogP contribution in [0.4, 0.5) is 0 Å². The maximum atomic E-state index is 10.7. The van der Waals surface area contributed by atoms with Crippen molar-refractivity contribution in [2.75, 3.05) is 6.61 Å². The molecule has 0 aliphatic carbocycles. The van der Waals surface area contributed by atoms with Crippen molar-refractivity contribution in [3.8, 4) is 0 Å². The highest BCUT2D eigenvalue weighted by Gasteiger charge is 2.21. The molecule has 0 aromatic rings. The van der Waals surface area contributed by atoms with Gasteiger partial charge < -0.3 is 14.6 Å². The molecule has 1 saturated heterocycles. The minimum atomic E-state index is -0.829. The van der Waals surface area contributed by atoms with E-state index in [2.05, 4.69) is 6.58 Å². The zero-order valence-corrected chi connectivity index (χ0v) is 9.56. The Bertz CT molecular complexity index is 221. The number of hydrogen-bond acceptors (Lipinski definition) is 3. The number of carboxylic acids is 1. The summed E-state index contributed by atoms with van der Waals surface area (Å²) >= 11 is 0. The molecule has 1 fully saturated rings. The van der Waals surface area contributed by atoms with Gasteiger partial charge in [0.05, 0.1) is 12.5 Å². The van der Waals surface area contributed by atoms with E-state index in [1.807, 2.05) is 0 Å². The van der Waals surface area contributed by atoms with Gasteiger partial charge in [-0.3, -0.25) is 4.79 Å². The molecule has 2 atom stereocenters. The Labute approximate surface area is 96.2 Å². The third-order valence-electron chi connectivity index (χ3n) is 2.58. The molecule has 2 unspecified atom stereocenters. The lowest BCUT2D eigenvalue weighted by molar-refractivity contribution is -0.192. The molecule has 1 N–H and O–H groups in total. The zero-order chi connectivity index (χ0) is 11.8. The topological polar surface area (TPSA) is 55.8 Å². The number of allylic oxidation sites excluding steroid dienone is 1. The molecule has 1 aliphatic rings. The number of carboxylic acid groups (broad SMARTS) is 1. The molecule has 1 rings (SSSR count). The highest BCUT2D eigenvalue weighted by molar-refractivity contribution is 5.67. The molecule has 0 saturated carbocycles. The normalized spacial score (nSPS) is 22.6. The summed E-state index contributed by atoms with van der Waals surface area (Å²) in [7, 11) is 0. The summed E-state index contributed by atoms with van der Waals surface area (Å²) in [6.07, 6.45) is 5.81. The summed E-state index contributed by atoms with van der Waals surface area (Å²) in [5.74, 6) is -0.829. The lowest BCUT2D eigenvalue weighted by Gasteiger charge is -2.27. The van der Waals surface area contributed by atoms with Crippen molar-refractivity contribution in [3.05, 3.63) is 12.7 Å². The van der Waals surface area contributed by atoms with E-state index in [-0.39, 0.29) is 18.8 Å². The Kier molecular flexibility index (Phi) is 6.11. The van der Waals surface area contributed by atoms with Gasteiger partial charge in [0, 0.05) is 6.61 Å². The van der Waals surface area contributed by atoms with Gasteiger partial charge in [0.25, 0.3) is 0 Å². The van der Waals surface area contributed by atoms with Gasteiger partial charge in [-0.2, -0.15) is 0 Å². The summed E-state index contributed by atoms with van der Waals surface area (Å²) in [6, 6.07) is 0. The molecule has 0 aromatic heterocycles. The van der Waals surface area contributed by atoms with E-state index in [0.29, 0.717) is 13.0 Å². The van der Waals surface area contributed by atoms with Crippen LogP contribution in [0.5, 0.6) is 0 Å². The van der Waals surface area contributed by atoms with E-state index in [0.717, 1.165) is 25.7 Å². The maximum Gasteiger partial charge on any atom is 0.305 e. The average Bonchev–Trinajstić information content (AvgIpc) is 2.26. The van der Waals surface area contributed by atoms with Gasteiger partial charge >= 0.3 is 5.97 Å². The Morgan fingerprint density at radius 3 is 3.00 bits per heavy atom. The average molecular weight is 228 g/mol. The minimum Gasteiger partial charge on any atom is -0.481 e. The SMILES string of the molecule is C=CCCC(CC(=O)O)OC1CCCCO1. The standard InChI is InChI=1S/C12H20O4/c1-2-3-6-10(9-11(13)14)16-12-7-4-5-8-15-12/h2,10,12H,1,3-9H2,(H,13,14). The molecule has 4 nitrogen and oxygen atoms in total. The van der Waals surface area contributed by atoms with E-state index in [1.165, 1.54) is 0 Å². The minimum absolute atomic E-state index is 0.0354. The molecule has 0 amide bonds. The van der Waals surface area contributed by atoms with E-state index >= 15 is 0 Å². The number of carbonyl (C=O) groups is 1. The first-order chi connectivity index (χ1) is 7.72. The molecule has 0 aromatic carbocycles. The van der Waals surface area contributed by atoms with E-state index in [1.54, 1.807) is 6.08 Å². The number of ether oxygens (including phenoxy) is 2. The van der Waals surface area contributed by atoms with E-state index < -0.39 is 5.97 Å². The monoisotopic (exact) mass is 228 g/mol.